The number of benzene rings is 1. The van der Waals surface area contributed by atoms with Crippen molar-refractivity contribution in [3.05, 3.63) is 34.6 Å². The molecule has 1 aromatic carbocycles. The van der Waals surface area contributed by atoms with Crippen LogP contribution < -0.4 is 0 Å². The van der Waals surface area contributed by atoms with E-state index in [4.69, 9.17) is 11.6 Å². The number of rotatable bonds is 4. The molecule has 0 saturated heterocycles. The highest BCUT2D eigenvalue weighted by atomic mass is 35.5. The lowest BCUT2D eigenvalue weighted by Gasteiger charge is -2.20. The van der Waals surface area contributed by atoms with Gasteiger partial charge in [-0.05, 0) is 49.1 Å². The second-order valence-corrected chi connectivity index (χ2v) is 6.46. The highest BCUT2D eigenvalue weighted by Gasteiger charge is 2.40. The predicted octanol–water partition coefficient (Wildman–Crippen LogP) is 4.42. The standard InChI is InChI=1S/C16H18ClFO/c17-15-2-1-3-16(18)14(15)9-13(19)8-12-7-10-4-5-11(12)6-10/h1-3,10-12H,4-9H2. The van der Waals surface area contributed by atoms with Crippen molar-refractivity contribution in [2.45, 2.75) is 38.5 Å². The van der Waals surface area contributed by atoms with E-state index in [-0.39, 0.29) is 18.0 Å². The van der Waals surface area contributed by atoms with Gasteiger partial charge in [0.25, 0.3) is 0 Å². The molecule has 0 N–H and O–H groups in total. The Morgan fingerprint density at radius 1 is 1.32 bits per heavy atom. The fraction of sp³-hybridized carbons (Fsp3) is 0.562. The summed E-state index contributed by atoms with van der Waals surface area (Å²) in [5.41, 5.74) is 0.359. The van der Waals surface area contributed by atoms with Crippen molar-refractivity contribution in [3.63, 3.8) is 0 Å². The first-order chi connectivity index (χ1) is 9.13. The van der Waals surface area contributed by atoms with E-state index >= 15 is 0 Å². The van der Waals surface area contributed by atoms with Gasteiger partial charge >= 0.3 is 0 Å². The maximum Gasteiger partial charge on any atom is 0.137 e. The van der Waals surface area contributed by atoms with E-state index in [1.165, 1.54) is 31.7 Å². The lowest BCUT2D eigenvalue weighted by molar-refractivity contribution is -0.119. The molecule has 3 rings (SSSR count). The molecule has 19 heavy (non-hydrogen) atoms. The van der Waals surface area contributed by atoms with Crippen molar-refractivity contribution in [1.29, 1.82) is 0 Å². The lowest BCUT2D eigenvalue weighted by Crippen LogP contribution is -2.17. The van der Waals surface area contributed by atoms with Crippen LogP contribution in [0, 0.1) is 23.6 Å². The number of halogens is 2. The van der Waals surface area contributed by atoms with Crippen LogP contribution in [0.4, 0.5) is 4.39 Å². The van der Waals surface area contributed by atoms with Crippen molar-refractivity contribution >= 4 is 17.4 Å². The molecular formula is C16H18ClFO. The Hall–Kier alpha value is -0.890. The minimum Gasteiger partial charge on any atom is -0.299 e. The van der Waals surface area contributed by atoms with Crippen LogP contribution in [0.3, 0.4) is 0 Å². The van der Waals surface area contributed by atoms with Crippen LogP contribution in [0.15, 0.2) is 18.2 Å². The Labute approximate surface area is 118 Å². The zero-order chi connectivity index (χ0) is 13.4. The fourth-order valence-electron chi connectivity index (χ4n) is 3.89. The molecule has 2 fully saturated rings. The average molecular weight is 281 g/mol. The Morgan fingerprint density at radius 2 is 2.16 bits per heavy atom. The zero-order valence-corrected chi connectivity index (χ0v) is 11.6. The van der Waals surface area contributed by atoms with E-state index in [9.17, 15) is 9.18 Å². The monoisotopic (exact) mass is 280 g/mol. The van der Waals surface area contributed by atoms with Gasteiger partial charge in [-0.1, -0.05) is 24.1 Å². The van der Waals surface area contributed by atoms with E-state index < -0.39 is 0 Å². The van der Waals surface area contributed by atoms with Crippen LogP contribution in [-0.2, 0) is 11.2 Å². The molecule has 0 heterocycles. The van der Waals surface area contributed by atoms with Crippen molar-refractivity contribution in [3.8, 4) is 0 Å². The first kappa shape index (κ1) is 13.1. The summed E-state index contributed by atoms with van der Waals surface area (Å²) in [6.45, 7) is 0. The van der Waals surface area contributed by atoms with Crippen molar-refractivity contribution in [1.82, 2.24) is 0 Å². The summed E-state index contributed by atoms with van der Waals surface area (Å²) in [6, 6.07) is 4.58. The number of hydrogen-bond donors (Lipinski definition) is 0. The third-order valence-corrected chi connectivity index (χ3v) is 5.16. The van der Waals surface area contributed by atoms with E-state index in [0.29, 0.717) is 22.9 Å². The summed E-state index contributed by atoms with van der Waals surface area (Å²) >= 11 is 5.96. The second kappa shape index (κ2) is 5.24. The molecule has 102 valence electrons. The molecule has 1 nitrogen and oxygen atoms in total. The van der Waals surface area contributed by atoms with E-state index in [0.717, 1.165) is 11.8 Å². The van der Waals surface area contributed by atoms with Gasteiger partial charge in [-0.25, -0.2) is 4.39 Å². The molecule has 0 aromatic heterocycles. The van der Waals surface area contributed by atoms with E-state index in [1.807, 2.05) is 0 Å². The van der Waals surface area contributed by atoms with E-state index in [1.54, 1.807) is 12.1 Å². The SMILES string of the molecule is O=C(Cc1c(F)cccc1Cl)CC1CC2CCC1C2. The van der Waals surface area contributed by atoms with Gasteiger partial charge in [0.05, 0.1) is 0 Å². The largest absolute Gasteiger partial charge is 0.299 e. The molecule has 0 aliphatic heterocycles. The lowest BCUT2D eigenvalue weighted by atomic mass is 9.84. The predicted molar refractivity (Wildman–Crippen MR) is 73.7 cm³/mol. The maximum atomic E-state index is 13.6. The first-order valence-electron chi connectivity index (χ1n) is 7.08. The van der Waals surface area contributed by atoms with Crippen molar-refractivity contribution in [2.75, 3.05) is 0 Å². The molecule has 0 radical (unpaired) electrons. The molecule has 3 atom stereocenters. The molecule has 1 aromatic rings. The van der Waals surface area contributed by atoms with Gasteiger partial charge in [-0.3, -0.25) is 4.79 Å². The van der Waals surface area contributed by atoms with Gasteiger partial charge in [-0.15, -0.1) is 0 Å². The molecule has 3 unspecified atom stereocenters. The minimum atomic E-state index is -0.367. The smallest absolute Gasteiger partial charge is 0.137 e. The molecule has 2 bridgehead atoms. The molecule has 2 aliphatic rings. The fourth-order valence-corrected chi connectivity index (χ4v) is 4.12. The second-order valence-electron chi connectivity index (χ2n) is 6.05. The third kappa shape index (κ3) is 2.69. The summed E-state index contributed by atoms with van der Waals surface area (Å²) in [5.74, 6) is 1.89. The number of ketones is 1. The molecule has 0 spiro atoms. The zero-order valence-electron chi connectivity index (χ0n) is 10.9. The summed E-state index contributed by atoms with van der Waals surface area (Å²) in [5, 5.41) is 0.362. The van der Waals surface area contributed by atoms with Crippen LogP contribution in [0.25, 0.3) is 0 Å². The van der Waals surface area contributed by atoms with Gasteiger partial charge in [0.1, 0.15) is 11.6 Å². The van der Waals surface area contributed by atoms with Crippen LogP contribution in [-0.4, -0.2) is 5.78 Å². The van der Waals surface area contributed by atoms with Gasteiger partial charge < -0.3 is 0 Å². The summed E-state index contributed by atoms with van der Waals surface area (Å²) in [7, 11) is 0. The number of hydrogen-bond acceptors (Lipinski definition) is 1. The number of carbonyl (C=O) groups excluding carboxylic acids is 1. The van der Waals surface area contributed by atoms with Crippen molar-refractivity contribution in [2.24, 2.45) is 17.8 Å². The maximum absolute atomic E-state index is 13.6. The third-order valence-electron chi connectivity index (χ3n) is 4.81. The number of fused-ring (bicyclic) bond motifs is 2. The highest BCUT2D eigenvalue weighted by molar-refractivity contribution is 6.31. The quantitative estimate of drug-likeness (QED) is 0.798. The molecular weight excluding hydrogens is 263 g/mol. The van der Waals surface area contributed by atoms with Gasteiger partial charge in [-0.2, -0.15) is 0 Å². The average Bonchev–Trinajstić information content (AvgIpc) is 2.96. The highest BCUT2D eigenvalue weighted by Crippen LogP contribution is 2.49. The van der Waals surface area contributed by atoms with Crippen molar-refractivity contribution < 1.29 is 9.18 Å². The molecule has 2 saturated carbocycles. The normalized spacial score (nSPS) is 28.8. The summed E-state index contributed by atoms with van der Waals surface area (Å²) in [4.78, 5) is 12.1. The minimum absolute atomic E-state index is 0.129. The first-order valence-corrected chi connectivity index (χ1v) is 7.46. The summed E-state index contributed by atoms with van der Waals surface area (Å²) in [6.07, 6.45) is 5.86. The summed E-state index contributed by atoms with van der Waals surface area (Å²) < 4.78 is 13.6. The molecule has 0 amide bonds. The van der Waals surface area contributed by atoms with Gasteiger partial charge in [0, 0.05) is 23.4 Å². The van der Waals surface area contributed by atoms with Gasteiger partial charge in [0.15, 0.2) is 0 Å². The molecule has 3 heteroatoms. The Morgan fingerprint density at radius 3 is 2.79 bits per heavy atom. The van der Waals surface area contributed by atoms with Gasteiger partial charge in [0.2, 0.25) is 0 Å². The number of carbonyl (C=O) groups is 1. The Kier molecular flexibility index (Phi) is 3.62. The van der Waals surface area contributed by atoms with Crippen LogP contribution >= 0.6 is 11.6 Å². The van der Waals surface area contributed by atoms with Crippen LogP contribution in [0.5, 0.6) is 0 Å². The van der Waals surface area contributed by atoms with Crippen LogP contribution in [0.1, 0.15) is 37.7 Å². The Balaban J connectivity index is 1.62. The Bertz CT molecular complexity index is 479. The molecule has 2 aliphatic carbocycles. The van der Waals surface area contributed by atoms with Crippen LogP contribution in [0.2, 0.25) is 5.02 Å². The number of Topliss-reactive ketones (excluding diaryl/α,β-unsaturated/α-hetero) is 1. The van der Waals surface area contributed by atoms with E-state index in [2.05, 4.69) is 0 Å². The topological polar surface area (TPSA) is 17.1 Å².